The Morgan fingerprint density at radius 3 is 2.86 bits per heavy atom. The molecule has 0 spiro atoms. The summed E-state index contributed by atoms with van der Waals surface area (Å²) in [6, 6.07) is 0. The minimum absolute atomic E-state index is 0.275. The fourth-order valence-electron chi connectivity index (χ4n) is 0.439. The molecule has 0 N–H and O–H groups in total. The highest BCUT2D eigenvalue weighted by Crippen LogP contribution is 2.32. The van der Waals surface area contributed by atoms with Gasteiger partial charge >= 0.3 is 0 Å². The Morgan fingerprint density at radius 2 is 2.43 bits per heavy atom. The maximum atomic E-state index is 4.13. The first-order valence-corrected chi connectivity index (χ1v) is 5.10. The minimum Gasteiger partial charge on any atom is -0.266 e. The number of hydrogen-bond donors (Lipinski definition) is 0. The average molecular weight is 211 g/mol. The van der Waals surface area contributed by atoms with Crippen molar-refractivity contribution in [3.8, 4) is 0 Å². The van der Waals surface area contributed by atoms with Gasteiger partial charge in [-0.3, -0.25) is 3.15 Å². The monoisotopic (exact) mass is 211 g/mol. The predicted octanol–water partition coefficient (Wildman–Crippen LogP) is 2.18. The van der Waals surface area contributed by atoms with Gasteiger partial charge in [-0.05, 0) is 39.8 Å². The van der Waals surface area contributed by atoms with E-state index in [0.29, 0.717) is 0 Å². The van der Waals surface area contributed by atoms with Crippen LogP contribution in [0.2, 0.25) is 0 Å². The van der Waals surface area contributed by atoms with E-state index in [4.69, 9.17) is 0 Å². The Labute approximate surface area is 54.7 Å². The van der Waals surface area contributed by atoms with Crippen LogP contribution >= 0.6 is 21.0 Å². The van der Waals surface area contributed by atoms with E-state index in [9.17, 15) is 0 Å². The van der Waals surface area contributed by atoms with E-state index in [1.54, 1.807) is 0 Å². The molecule has 1 aliphatic rings. The normalized spacial score (nSPS) is 22.4. The lowest BCUT2D eigenvalue weighted by atomic mass is 10.5. The first kappa shape index (κ1) is 5.66. The van der Waals surface area contributed by atoms with Gasteiger partial charge in [0.2, 0.25) is 0 Å². The summed E-state index contributed by atoms with van der Waals surface area (Å²) in [7, 11) is 1.94. The summed E-state index contributed by atoms with van der Waals surface area (Å²) in [5.74, 6) is 1.11. The van der Waals surface area contributed by atoms with Gasteiger partial charge in [0.05, 0.1) is 0 Å². The molecule has 1 fully saturated rings. The molecule has 1 saturated carbocycles. The summed E-state index contributed by atoms with van der Waals surface area (Å²) in [6.07, 6.45) is 2.99. The highest BCUT2D eigenvalue weighted by molar-refractivity contribution is 14.2. The highest BCUT2D eigenvalue weighted by Gasteiger charge is 2.19. The van der Waals surface area contributed by atoms with Crippen LogP contribution in [0.15, 0.2) is 3.15 Å². The molecule has 0 aliphatic heterocycles. The van der Waals surface area contributed by atoms with E-state index >= 15 is 0 Å². The fraction of sp³-hybridized carbons (Fsp3) is 1.00. The molecule has 1 nitrogen and oxygen atoms in total. The van der Waals surface area contributed by atoms with Gasteiger partial charge in [0, 0.05) is 11.5 Å². The predicted molar refractivity (Wildman–Crippen MR) is 40.0 cm³/mol. The van der Waals surface area contributed by atoms with Crippen molar-refractivity contribution >= 4 is 21.0 Å². The van der Waals surface area contributed by atoms with Crippen molar-refractivity contribution in [1.29, 1.82) is 0 Å². The fourth-order valence-corrected chi connectivity index (χ4v) is 2.27. The largest absolute Gasteiger partial charge is 0.266 e. The SMILES string of the molecule is CN=ICC1CC1. The lowest BCUT2D eigenvalue weighted by Crippen LogP contribution is -1.69. The average Bonchev–Trinajstić information content (AvgIpc) is 2.42. The zero-order chi connectivity index (χ0) is 5.11. The van der Waals surface area contributed by atoms with Gasteiger partial charge in [-0.2, -0.15) is 0 Å². The summed E-state index contributed by atoms with van der Waals surface area (Å²) in [5, 5.41) is 0. The summed E-state index contributed by atoms with van der Waals surface area (Å²) in [5.41, 5.74) is 0. The van der Waals surface area contributed by atoms with Gasteiger partial charge in [-0.25, -0.2) is 0 Å². The first-order valence-electron chi connectivity index (χ1n) is 2.61. The van der Waals surface area contributed by atoms with Crippen molar-refractivity contribution in [2.75, 3.05) is 11.5 Å². The van der Waals surface area contributed by atoms with E-state index in [1.807, 2.05) is 7.05 Å². The van der Waals surface area contributed by atoms with Crippen LogP contribution in [0, 0.1) is 5.92 Å². The quantitative estimate of drug-likeness (QED) is 0.490. The number of halogens is 1. The standard InChI is InChI=1S/C5H10IN/c1-7-6-4-5-2-3-5/h5H,2-4H2,1H3. The van der Waals surface area contributed by atoms with Crippen LogP contribution < -0.4 is 0 Å². The lowest BCUT2D eigenvalue weighted by molar-refractivity contribution is 1.02. The molecular formula is C5H10IN. The Bertz CT molecular complexity index is 76.1. The maximum absolute atomic E-state index is 4.13. The number of hydrogen-bond acceptors (Lipinski definition) is 1. The second-order valence-corrected chi connectivity index (χ2v) is 4.41. The van der Waals surface area contributed by atoms with Crippen LogP contribution in [0.25, 0.3) is 0 Å². The maximum Gasteiger partial charge on any atom is 0.0332 e. The zero-order valence-corrected chi connectivity index (χ0v) is 6.68. The first-order chi connectivity index (χ1) is 3.43. The molecule has 0 amide bonds. The van der Waals surface area contributed by atoms with Crippen LogP contribution in [0.4, 0.5) is 0 Å². The molecule has 0 saturated heterocycles. The second kappa shape index (κ2) is 2.74. The van der Waals surface area contributed by atoms with E-state index in [1.165, 1.54) is 17.3 Å². The summed E-state index contributed by atoms with van der Waals surface area (Å²) < 4.78 is 5.58. The molecule has 0 heterocycles. The van der Waals surface area contributed by atoms with Gasteiger partial charge in [-0.1, -0.05) is 0 Å². The molecule has 42 valence electrons. The smallest absolute Gasteiger partial charge is 0.0332 e. The van der Waals surface area contributed by atoms with Crippen LogP contribution in [0.3, 0.4) is 0 Å². The van der Waals surface area contributed by atoms with Crippen LogP contribution in [0.5, 0.6) is 0 Å². The summed E-state index contributed by atoms with van der Waals surface area (Å²) in [6.45, 7) is 0. The van der Waals surface area contributed by atoms with Gasteiger partial charge < -0.3 is 0 Å². The molecule has 2 heteroatoms. The van der Waals surface area contributed by atoms with Crippen molar-refractivity contribution in [2.45, 2.75) is 12.8 Å². The Kier molecular flexibility index (Phi) is 2.22. The number of alkyl halides is 1. The van der Waals surface area contributed by atoms with Crippen molar-refractivity contribution in [3.05, 3.63) is 0 Å². The third kappa shape index (κ3) is 2.36. The van der Waals surface area contributed by atoms with Crippen molar-refractivity contribution in [2.24, 2.45) is 9.06 Å². The van der Waals surface area contributed by atoms with Gasteiger partial charge in [0.1, 0.15) is 0 Å². The van der Waals surface area contributed by atoms with Crippen molar-refractivity contribution in [1.82, 2.24) is 0 Å². The zero-order valence-electron chi connectivity index (χ0n) is 4.52. The Morgan fingerprint density at radius 1 is 1.71 bits per heavy atom. The van der Waals surface area contributed by atoms with E-state index < -0.39 is 0 Å². The number of nitrogens with zero attached hydrogens (tertiary/aromatic N) is 1. The molecule has 1 aliphatic carbocycles. The van der Waals surface area contributed by atoms with E-state index in [2.05, 4.69) is 3.15 Å². The molecule has 0 aromatic heterocycles. The van der Waals surface area contributed by atoms with Crippen molar-refractivity contribution in [3.63, 3.8) is 0 Å². The van der Waals surface area contributed by atoms with Crippen LogP contribution in [0.1, 0.15) is 12.8 Å². The molecule has 7 heavy (non-hydrogen) atoms. The Hall–Kier alpha value is 0.530. The van der Waals surface area contributed by atoms with Crippen molar-refractivity contribution < 1.29 is 0 Å². The summed E-state index contributed by atoms with van der Waals surface area (Å²) >= 11 is 0.275. The van der Waals surface area contributed by atoms with Crippen LogP contribution in [-0.4, -0.2) is 11.5 Å². The molecule has 0 bridgehead atoms. The Balaban J connectivity index is 1.98. The van der Waals surface area contributed by atoms with E-state index in [-0.39, 0.29) is 21.0 Å². The van der Waals surface area contributed by atoms with Gasteiger partial charge in [-0.15, -0.1) is 0 Å². The van der Waals surface area contributed by atoms with Crippen LogP contribution in [-0.2, 0) is 0 Å². The third-order valence-electron chi connectivity index (χ3n) is 1.10. The van der Waals surface area contributed by atoms with Gasteiger partial charge in [0.15, 0.2) is 0 Å². The molecule has 1 rings (SSSR count). The molecule has 0 aromatic rings. The topological polar surface area (TPSA) is 12.4 Å². The van der Waals surface area contributed by atoms with Gasteiger partial charge in [0.25, 0.3) is 0 Å². The highest BCUT2D eigenvalue weighted by atomic mass is 127. The van der Waals surface area contributed by atoms with E-state index in [0.717, 1.165) is 5.92 Å². The minimum atomic E-state index is 0.275. The third-order valence-corrected chi connectivity index (χ3v) is 3.43. The second-order valence-electron chi connectivity index (χ2n) is 1.89. The molecular weight excluding hydrogens is 201 g/mol. The molecule has 0 radical (unpaired) electrons. The summed E-state index contributed by atoms with van der Waals surface area (Å²) in [4.78, 5) is 0. The number of rotatable bonds is 2. The molecule has 0 atom stereocenters. The molecule has 0 aromatic carbocycles. The molecule has 0 unspecified atom stereocenters. The lowest BCUT2D eigenvalue weighted by Gasteiger charge is -1.78.